The lowest BCUT2D eigenvalue weighted by atomic mass is 9.94. The number of nitrogen functional groups attached to an aromatic ring is 1. The first-order valence-corrected chi connectivity index (χ1v) is 17.9. The molecular weight excluding hydrogens is 777 g/mol. The van der Waals surface area contributed by atoms with Crippen LogP contribution in [0.1, 0.15) is 60.9 Å². The Kier molecular flexibility index (Phi) is 15.4. The van der Waals surface area contributed by atoms with Crippen LogP contribution in [0.3, 0.4) is 0 Å². The zero-order valence-corrected chi connectivity index (χ0v) is 31.6. The Morgan fingerprint density at radius 3 is 2.19 bits per heavy atom. The molecule has 0 bridgehead atoms. The monoisotopic (exact) mass is 818 g/mol. The first-order valence-electron chi connectivity index (χ1n) is 17.9. The van der Waals surface area contributed by atoms with Gasteiger partial charge < -0.3 is 41.4 Å². The second kappa shape index (κ2) is 20.4. The lowest BCUT2D eigenvalue weighted by Gasteiger charge is -2.17. The maximum absolute atomic E-state index is 13.8. The highest BCUT2D eigenvalue weighted by Crippen LogP contribution is 2.35. The number of alkyl halides is 3. The average Bonchev–Trinajstić information content (AvgIpc) is 4.05. The van der Waals surface area contributed by atoms with E-state index in [1.165, 1.54) is 25.3 Å². The van der Waals surface area contributed by atoms with Crippen molar-refractivity contribution in [3.05, 3.63) is 119 Å². The van der Waals surface area contributed by atoms with Crippen molar-refractivity contribution >= 4 is 47.3 Å². The van der Waals surface area contributed by atoms with E-state index in [0.29, 0.717) is 35.0 Å². The summed E-state index contributed by atoms with van der Waals surface area (Å²) in [6.45, 7) is 3.71. The van der Waals surface area contributed by atoms with Crippen molar-refractivity contribution in [2.24, 2.45) is 17.4 Å². The van der Waals surface area contributed by atoms with Gasteiger partial charge in [0.25, 0.3) is 11.8 Å². The molecule has 1 aliphatic carbocycles. The number of carboxylic acids is 1. The number of aliphatic carboxylic acids is 1. The SMILES string of the molecule is C=Cc1cc(C(=O)Nc2ccc(C(=N)N)cc2)c(-c2ccc(C(=O)NCC3CC3)nc2C(=O)OCCOC(=O)[C@@H](N)Cc2ccccc2)cc1OC.O=C(O)C(F)(F)F. The van der Waals surface area contributed by atoms with Gasteiger partial charge in [0.05, 0.1) is 7.11 Å². The highest BCUT2D eigenvalue weighted by atomic mass is 19.4. The molecule has 0 saturated heterocycles. The number of halogens is 3. The van der Waals surface area contributed by atoms with Gasteiger partial charge in [-0.15, -0.1) is 0 Å². The van der Waals surface area contributed by atoms with Crippen molar-refractivity contribution in [3.8, 4) is 16.9 Å². The van der Waals surface area contributed by atoms with Crippen LogP contribution in [-0.4, -0.2) is 84.7 Å². The van der Waals surface area contributed by atoms with Gasteiger partial charge in [0.15, 0.2) is 5.69 Å². The molecule has 1 heterocycles. The summed E-state index contributed by atoms with van der Waals surface area (Å²) in [4.78, 5) is 66.4. The summed E-state index contributed by atoms with van der Waals surface area (Å²) in [6.07, 6.45) is -1.23. The first kappa shape index (κ1) is 44.6. The summed E-state index contributed by atoms with van der Waals surface area (Å²) >= 11 is 0. The topological polar surface area (TPSA) is 246 Å². The van der Waals surface area contributed by atoms with Crippen molar-refractivity contribution in [3.63, 3.8) is 0 Å². The van der Waals surface area contributed by atoms with Gasteiger partial charge in [0, 0.05) is 40.0 Å². The van der Waals surface area contributed by atoms with E-state index in [4.69, 9.17) is 41.0 Å². The van der Waals surface area contributed by atoms with Crippen molar-refractivity contribution < 1.29 is 56.5 Å². The van der Waals surface area contributed by atoms with Crippen LogP contribution in [-0.2, 0) is 25.5 Å². The molecule has 4 aromatic rings. The number of nitrogens with zero attached hydrogens (tertiary/aromatic N) is 1. The summed E-state index contributed by atoms with van der Waals surface area (Å²) in [6, 6.07) is 20.8. The number of hydrogen-bond acceptors (Lipinski definition) is 11. The number of anilines is 1. The molecule has 1 fully saturated rings. The second-order valence-corrected chi connectivity index (χ2v) is 12.9. The molecule has 15 nitrogen and oxygen atoms in total. The van der Waals surface area contributed by atoms with Crippen LogP contribution in [0.2, 0.25) is 0 Å². The molecule has 3 aromatic carbocycles. The maximum atomic E-state index is 13.8. The fraction of sp³-hybridized carbons (Fsp3) is 0.244. The molecule has 5 rings (SSSR count). The Bertz CT molecular complexity index is 2200. The fourth-order valence-electron chi connectivity index (χ4n) is 5.29. The molecular formula is C41H41F3N6O9. The third-order valence-corrected chi connectivity index (χ3v) is 8.55. The summed E-state index contributed by atoms with van der Waals surface area (Å²) in [7, 11) is 1.45. The smallest absolute Gasteiger partial charge is 0.490 e. The number of carboxylic acid groups (broad SMARTS) is 1. The van der Waals surface area contributed by atoms with Crippen LogP contribution in [0.4, 0.5) is 18.9 Å². The van der Waals surface area contributed by atoms with Gasteiger partial charge in [-0.2, -0.15) is 13.2 Å². The van der Waals surface area contributed by atoms with Crippen molar-refractivity contribution in [2.75, 3.05) is 32.2 Å². The molecule has 0 spiro atoms. The lowest BCUT2D eigenvalue weighted by molar-refractivity contribution is -0.192. The number of nitrogens with two attached hydrogens (primary N) is 2. The first-order chi connectivity index (χ1) is 28.0. The largest absolute Gasteiger partial charge is 0.496 e. The quantitative estimate of drug-likeness (QED) is 0.0380. The van der Waals surface area contributed by atoms with E-state index in [-0.39, 0.29) is 53.5 Å². The van der Waals surface area contributed by atoms with Gasteiger partial charge >= 0.3 is 24.1 Å². The van der Waals surface area contributed by atoms with Gasteiger partial charge in [-0.05, 0) is 79.3 Å². The molecule has 2 amide bonds. The molecule has 0 unspecified atom stereocenters. The highest BCUT2D eigenvalue weighted by Gasteiger charge is 2.38. The molecule has 310 valence electrons. The van der Waals surface area contributed by atoms with E-state index in [2.05, 4.69) is 22.2 Å². The Morgan fingerprint density at radius 1 is 0.966 bits per heavy atom. The Hall–Kier alpha value is -7.08. The van der Waals surface area contributed by atoms with E-state index in [1.807, 2.05) is 30.3 Å². The standard InChI is InChI=1S/C39H40N6O7.C2HF3O2/c1-3-25-20-30(36(46)44-27-13-11-26(12-14-27)35(41)42)29(21-33(25)50-2)28-15-16-32(37(47)43-22-24-9-10-24)45-34(28)39(49)52-18-17-51-38(48)31(40)19-23-7-5-4-6-8-23;3-2(4,5)1(6)7/h3-8,11-16,20-21,24,31H,1,9-10,17-19,22,40H2,2H3,(H3,41,42)(H,43,47)(H,44,46);(H,6,7)/t31-;/m0./s1. The number of aromatic nitrogens is 1. The fourth-order valence-corrected chi connectivity index (χ4v) is 5.29. The number of amides is 2. The molecule has 8 N–H and O–H groups in total. The van der Waals surface area contributed by atoms with Gasteiger partial charge in [-0.1, -0.05) is 43.0 Å². The second-order valence-electron chi connectivity index (χ2n) is 12.9. The number of amidine groups is 1. The summed E-state index contributed by atoms with van der Waals surface area (Å²) in [5, 5.41) is 20.4. The molecule has 0 radical (unpaired) electrons. The van der Waals surface area contributed by atoms with E-state index in [9.17, 15) is 32.3 Å². The Morgan fingerprint density at radius 2 is 1.61 bits per heavy atom. The van der Waals surface area contributed by atoms with E-state index < -0.39 is 41.9 Å². The number of carbonyl (C=O) groups excluding carboxylic acids is 4. The summed E-state index contributed by atoms with van der Waals surface area (Å²) in [5.41, 5.74) is 14.2. The minimum Gasteiger partial charge on any atom is -0.496 e. The molecule has 1 aliphatic rings. The van der Waals surface area contributed by atoms with Crippen LogP contribution in [0.25, 0.3) is 17.2 Å². The predicted octanol–water partition coefficient (Wildman–Crippen LogP) is 4.98. The van der Waals surface area contributed by atoms with Gasteiger partial charge in [0.1, 0.15) is 36.5 Å². The van der Waals surface area contributed by atoms with Crippen LogP contribution in [0.5, 0.6) is 5.75 Å². The predicted molar refractivity (Wildman–Crippen MR) is 210 cm³/mol. The number of methoxy groups -OCH3 is 1. The van der Waals surface area contributed by atoms with Gasteiger partial charge in [0.2, 0.25) is 0 Å². The third kappa shape index (κ3) is 13.0. The Balaban J connectivity index is 0.00000101. The Labute approximate surface area is 336 Å². The van der Waals surface area contributed by atoms with E-state index in [0.717, 1.165) is 18.4 Å². The lowest BCUT2D eigenvalue weighted by Crippen LogP contribution is -2.35. The van der Waals surface area contributed by atoms with E-state index >= 15 is 0 Å². The number of rotatable bonds is 16. The molecule has 18 heteroatoms. The van der Waals surface area contributed by atoms with Crippen molar-refractivity contribution in [2.45, 2.75) is 31.5 Å². The number of hydrogen-bond donors (Lipinski definition) is 6. The number of pyridine rings is 1. The average molecular weight is 819 g/mol. The minimum absolute atomic E-state index is 0.0269. The summed E-state index contributed by atoms with van der Waals surface area (Å²) in [5.74, 6) is -4.70. The molecule has 1 aromatic heterocycles. The maximum Gasteiger partial charge on any atom is 0.490 e. The number of benzene rings is 3. The molecule has 59 heavy (non-hydrogen) atoms. The zero-order valence-electron chi connectivity index (χ0n) is 31.6. The van der Waals surface area contributed by atoms with Gasteiger partial charge in [-0.3, -0.25) is 19.8 Å². The molecule has 0 aliphatic heterocycles. The highest BCUT2D eigenvalue weighted by molar-refractivity contribution is 6.11. The third-order valence-electron chi connectivity index (χ3n) is 8.55. The van der Waals surface area contributed by atoms with E-state index in [1.54, 1.807) is 36.4 Å². The minimum atomic E-state index is -5.08. The van der Waals surface area contributed by atoms with Crippen molar-refractivity contribution in [1.29, 1.82) is 5.41 Å². The van der Waals surface area contributed by atoms with Crippen LogP contribution in [0, 0.1) is 11.3 Å². The number of ether oxygens (including phenoxy) is 3. The normalized spacial score (nSPS) is 12.4. The van der Waals surface area contributed by atoms with Crippen molar-refractivity contribution in [1.82, 2.24) is 10.3 Å². The zero-order chi connectivity index (χ0) is 43.3. The van der Waals surface area contributed by atoms with Crippen LogP contribution in [0.15, 0.2) is 85.4 Å². The molecule has 1 saturated carbocycles. The van der Waals surface area contributed by atoms with Crippen LogP contribution >= 0.6 is 0 Å². The number of nitrogens with one attached hydrogen (secondary N) is 3. The molecule has 1 atom stereocenters. The summed E-state index contributed by atoms with van der Waals surface area (Å²) < 4.78 is 48.1. The van der Waals surface area contributed by atoms with Crippen LogP contribution < -0.4 is 26.8 Å². The number of carbonyl (C=O) groups is 5. The number of esters is 2. The van der Waals surface area contributed by atoms with Gasteiger partial charge in [-0.25, -0.2) is 14.6 Å².